The molecule has 1 N–H and O–H groups in total. The van der Waals surface area contributed by atoms with Crippen LogP contribution in [0, 0.1) is 22.6 Å². The third-order valence-electron chi connectivity index (χ3n) is 2.68. The quantitative estimate of drug-likeness (QED) is 0.756. The number of nitrogens with one attached hydrogen (secondary N) is 1. The molecular weight excluding hydrogens is 215 g/mol. The SMILES string of the molecule is CC(C)(C#N)CCCCNc1cccc(F)c1. The second kappa shape index (κ2) is 6.24. The molecule has 0 saturated heterocycles. The van der Waals surface area contributed by atoms with Gasteiger partial charge in [0.2, 0.25) is 0 Å². The Kier molecular flexibility index (Phi) is 4.96. The lowest BCUT2D eigenvalue weighted by Crippen LogP contribution is -2.09. The van der Waals surface area contributed by atoms with E-state index in [2.05, 4.69) is 11.4 Å². The summed E-state index contributed by atoms with van der Waals surface area (Å²) in [7, 11) is 0. The van der Waals surface area contributed by atoms with Gasteiger partial charge in [-0.25, -0.2) is 4.39 Å². The summed E-state index contributed by atoms with van der Waals surface area (Å²) in [6.07, 6.45) is 2.89. The van der Waals surface area contributed by atoms with Crippen molar-refractivity contribution in [1.29, 1.82) is 5.26 Å². The van der Waals surface area contributed by atoms with Crippen molar-refractivity contribution < 1.29 is 4.39 Å². The molecule has 1 aromatic carbocycles. The highest BCUT2D eigenvalue weighted by atomic mass is 19.1. The third kappa shape index (κ3) is 5.35. The molecule has 0 atom stereocenters. The maximum atomic E-state index is 12.9. The molecule has 0 fully saturated rings. The van der Waals surface area contributed by atoms with Crippen LogP contribution in [0.15, 0.2) is 24.3 Å². The van der Waals surface area contributed by atoms with Gasteiger partial charge in [-0.15, -0.1) is 0 Å². The molecule has 2 nitrogen and oxygen atoms in total. The number of benzene rings is 1. The van der Waals surface area contributed by atoms with Crippen molar-refractivity contribution >= 4 is 5.69 Å². The molecule has 0 amide bonds. The van der Waals surface area contributed by atoms with E-state index in [0.29, 0.717) is 0 Å². The smallest absolute Gasteiger partial charge is 0.125 e. The standard InChI is InChI=1S/C14H19FN2/c1-14(2,11-16)8-3-4-9-17-13-7-5-6-12(15)10-13/h5-7,10,17H,3-4,8-9H2,1-2H3. The van der Waals surface area contributed by atoms with Gasteiger partial charge >= 0.3 is 0 Å². The van der Waals surface area contributed by atoms with Gasteiger partial charge in [0.25, 0.3) is 0 Å². The molecule has 0 aliphatic heterocycles. The lowest BCUT2D eigenvalue weighted by Gasteiger charge is -2.14. The summed E-state index contributed by atoms with van der Waals surface area (Å²) in [5.74, 6) is -0.222. The lowest BCUT2D eigenvalue weighted by molar-refractivity contribution is 0.430. The highest BCUT2D eigenvalue weighted by Gasteiger charge is 2.15. The Morgan fingerprint density at radius 2 is 2.12 bits per heavy atom. The number of halogens is 1. The van der Waals surface area contributed by atoms with Crippen molar-refractivity contribution in [3.8, 4) is 6.07 Å². The third-order valence-corrected chi connectivity index (χ3v) is 2.68. The minimum atomic E-state index is -0.237. The van der Waals surface area contributed by atoms with E-state index in [9.17, 15) is 4.39 Å². The number of anilines is 1. The molecule has 0 aliphatic carbocycles. The first-order valence-corrected chi connectivity index (χ1v) is 5.94. The van der Waals surface area contributed by atoms with E-state index >= 15 is 0 Å². The first-order valence-electron chi connectivity index (χ1n) is 5.94. The van der Waals surface area contributed by atoms with Gasteiger partial charge < -0.3 is 5.32 Å². The van der Waals surface area contributed by atoms with Crippen LogP contribution >= 0.6 is 0 Å². The molecular formula is C14H19FN2. The Morgan fingerprint density at radius 1 is 1.35 bits per heavy atom. The van der Waals surface area contributed by atoms with E-state index in [1.165, 1.54) is 12.1 Å². The second-order valence-electron chi connectivity index (χ2n) is 4.89. The Bertz CT molecular complexity index is 393. The Hall–Kier alpha value is -1.56. The van der Waals surface area contributed by atoms with Gasteiger partial charge in [-0.1, -0.05) is 12.5 Å². The molecule has 0 radical (unpaired) electrons. The number of rotatable bonds is 6. The summed E-state index contributed by atoms with van der Waals surface area (Å²) in [4.78, 5) is 0. The van der Waals surface area contributed by atoms with Gasteiger partial charge in [0, 0.05) is 12.2 Å². The zero-order valence-electron chi connectivity index (χ0n) is 10.5. The normalized spacial score (nSPS) is 10.9. The highest BCUT2D eigenvalue weighted by molar-refractivity contribution is 5.42. The monoisotopic (exact) mass is 234 g/mol. The van der Waals surface area contributed by atoms with Gasteiger partial charge in [-0.2, -0.15) is 5.26 Å². The van der Waals surface area contributed by atoms with Crippen LogP contribution in [-0.4, -0.2) is 6.54 Å². The van der Waals surface area contributed by atoms with E-state index in [4.69, 9.17) is 5.26 Å². The van der Waals surface area contributed by atoms with Gasteiger partial charge in [0.05, 0.1) is 11.5 Å². The fourth-order valence-corrected chi connectivity index (χ4v) is 1.58. The number of nitriles is 1. The van der Waals surface area contributed by atoms with Crippen LogP contribution in [-0.2, 0) is 0 Å². The van der Waals surface area contributed by atoms with E-state index in [-0.39, 0.29) is 11.2 Å². The Labute approximate surface area is 102 Å². The fourth-order valence-electron chi connectivity index (χ4n) is 1.58. The molecule has 0 aromatic heterocycles. The van der Waals surface area contributed by atoms with Crippen molar-refractivity contribution in [3.63, 3.8) is 0 Å². The van der Waals surface area contributed by atoms with Gasteiger partial charge in [0.15, 0.2) is 0 Å². The van der Waals surface area contributed by atoms with Crippen LogP contribution in [0.4, 0.5) is 10.1 Å². The van der Waals surface area contributed by atoms with Crippen LogP contribution in [0.25, 0.3) is 0 Å². The zero-order valence-corrected chi connectivity index (χ0v) is 10.5. The van der Waals surface area contributed by atoms with Crippen LogP contribution in [0.5, 0.6) is 0 Å². The van der Waals surface area contributed by atoms with Crippen LogP contribution < -0.4 is 5.32 Å². The molecule has 17 heavy (non-hydrogen) atoms. The highest BCUT2D eigenvalue weighted by Crippen LogP contribution is 2.21. The van der Waals surface area contributed by atoms with E-state index in [1.54, 1.807) is 6.07 Å². The maximum Gasteiger partial charge on any atom is 0.125 e. The zero-order chi connectivity index (χ0) is 12.7. The largest absolute Gasteiger partial charge is 0.385 e. The fraction of sp³-hybridized carbons (Fsp3) is 0.500. The predicted molar refractivity (Wildman–Crippen MR) is 68.1 cm³/mol. The van der Waals surface area contributed by atoms with Crippen molar-refractivity contribution in [1.82, 2.24) is 0 Å². The van der Waals surface area contributed by atoms with E-state index in [1.807, 2.05) is 19.9 Å². The topological polar surface area (TPSA) is 35.8 Å². The average Bonchev–Trinajstić information content (AvgIpc) is 2.29. The van der Waals surface area contributed by atoms with E-state index < -0.39 is 0 Å². The molecule has 3 heteroatoms. The Morgan fingerprint density at radius 3 is 2.76 bits per heavy atom. The minimum Gasteiger partial charge on any atom is -0.385 e. The van der Waals surface area contributed by atoms with Crippen molar-refractivity contribution in [2.75, 3.05) is 11.9 Å². The van der Waals surface area contributed by atoms with Gasteiger partial charge in [0.1, 0.15) is 5.82 Å². The molecule has 92 valence electrons. The molecule has 1 aromatic rings. The molecule has 1 rings (SSSR count). The molecule has 0 heterocycles. The summed E-state index contributed by atoms with van der Waals surface area (Å²) in [5.41, 5.74) is 0.573. The molecule has 0 aliphatic rings. The van der Waals surface area contributed by atoms with Crippen LogP contribution in [0.2, 0.25) is 0 Å². The molecule has 0 unspecified atom stereocenters. The molecule has 0 bridgehead atoms. The average molecular weight is 234 g/mol. The van der Waals surface area contributed by atoms with Crippen molar-refractivity contribution in [3.05, 3.63) is 30.1 Å². The Balaban J connectivity index is 2.19. The van der Waals surface area contributed by atoms with Crippen LogP contribution in [0.1, 0.15) is 33.1 Å². The second-order valence-corrected chi connectivity index (χ2v) is 4.89. The lowest BCUT2D eigenvalue weighted by atomic mass is 9.89. The summed E-state index contributed by atoms with van der Waals surface area (Å²) in [6, 6.07) is 8.74. The summed E-state index contributed by atoms with van der Waals surface area (Å²) >= 11 is 0. The minimum absolute atomic E-state index is 0.222. The molecule has 0 spiro atoms. The summed E-state index contributed by atoms with van der Waals surface area (Å²) < 4.78 is 12.9. The molecule has 0 saturated carbocycles. The number of nitrogens with zero attached hydrogens (tertiary/aromatic N) is 1. The van der Waals surface area contributed by atoms with Crippen LogP contribution in [0.3, 0.4) is 0 Å². The first-order chi connectivity index (χ1) is 8.03. The predicted octanol–water partition coefficient (Wildman–Crippen LogP) is 3.96. The van der Waals surface area contributed by atoms with Crippen molar-refractivity contribution in [2.24, 2.45) is 5.41 Å². The summed E-state index contributed by atoms with van der Waals surface area (Å²) in [6.45, 7) is 4.71. The van der Waals surface area contributed by atoms with E-state index in [0.717, 1.165) is 31.5 Å². The van der Waals surface area contributed by atoms with Gasteiger partial charge in [-0.3, -0.25) is 0 Å². The first kappa shape index (κ1) is 13.5. The maximum absolute atomic E-state index is 12.9. The number of unbranched alkanes of at least 4 members (excludes halogenated alkanes) is 1. The number of hydrogen-bond donors (Lipinski definition) is 1. The number of hydrogen-bond acceptors (Lipinski definition) is 2. The summed E-state index contributed by atoms with van der Waals surface area (Å²) in [5, 5.41) is 12.0. The van der Waals surface area contributed by atoms with Crippen molar-refractivity contribution in [2.45, 2.75) is 33.1 Å². The van der Waals surface area contributed by atoms with Gasteiger partial charge in [-0.05, 0) is 44.9 Å².